The Morgan fingerprint density at radius 2 is 1.95 bits per heavy atom. The van der Waals surface area contributed by atoms with Gasteiger partial charge in [0.25, 0.3) is 5.91 Å². The molecule has 0 unspecified atom stereocenters. The molecular formula is C14H23N3O3. The van der Waals surface area contributed by atoms with Crippen molar-refractivity contribution in [1.82, 2.24) is 15.1 Å². The number of aromatic nitrogens is 2. The number of amides is 1. The zero-order valence-corrected chi connectivity index (χ0v) is 12.8. The molecule has 2 N–H and O–H groups in total. The van der Waals surface area contributed by atoms with Crippen LogP contribution in [0.25, 0.3) is 0 Å². The lowest BCUT2D eigenvalue weighted by molar-refractivity contribution is -0.147. The minimum Gasteiger partial charge on any atom is -0.481 e. The number of aryl methyl sites for hydroxylation is 2. The van der Waals surface area contributed by atoms with Crippen LogP contribution in [0.3, 0.4) is 0 Å². The third-order valence-corrected chi connectivity index (χ3v) is 3.52. The molecule has 6 heteroatoms. The largest absolute Gasteiger partial charge is 0.481 e. The fourth-order valence-corrected chi connectivity index (χ4v) is 2.02. The Hall–Kier alpha value is -1.85. The Morgan fingerprint density at radius 1 is 1.35 bits per heavy atom. The Morgan fingerprint density at radius 3 is 2.40 bits per heavy atom. The maximum absolute atomic E-state index is 12.2. The minimum absolute atomic E-state index is 0.194. The quantitative estimate of drug-likeness (QED) is 0.832. The average Bonchev–Trinajstić information content (AvgIpc) is 2.63. The highest BCUT2D eigenvalue weighted by Crippen LogP contribution is 2.19. The molecule has 1 aromatic heterocycles. The molecule has 0 aromatic carbocycles. The van der Waals surface area contributed by atoms with Gasteiger partial charge in [0.1, 0.15) is 0 Å². The maximum Gasteiger partial charge on any atom is 0.309 e. The van der Waals surface area contributed by atoms with Crippen LogP contribution in [0.5, 0.6) is 0 Å². The molecule has 20 heavy (non-hydrogen) atoms. The van der Waals surface area contributed by atoms with Crippen LogP contribution in [0.15, 0.2) is 0 Å². The topological polar surface area (TPSA) is 84.2 Å². The predicted molar refractivity (Wildman–Crippen MR) is 75.7 cm³/mol. The van der Waals surface area contributed by atoms with Crippen molar-refractivity contribution in [3.8, 4) is 0 Å². The van der Waals surface area contributed by atoms with Gasteiger partial charge in [-0.1, -0.05) is 0 Å². The molecule has 0 saturated carbocycles. The van der Waals surface area contributed by atoms with Gasteiger partial charge in [0, 0.05) is 18.8 Å². The minimum atomic E-state index is -0.863. The van der Waals surface area contributed by atoms with E-state index in [9.17, 15) is 9.59 Å². The highest BCUT2D eigenvalue weighted by atomic mass is 16.4. The first-order valence-corrected chi connectivity index (χ1v) is 6.76. The number of nitrogens with zero attached hydrogens (tertiary/aromatic N) is 2. The van der Waals surface area contributed by atoms with Crippen LogP contribution < -0.4 is 5.32 Å². The molecule has 112 valence electrons. The number of aliphatic carboxylic acids is 1. The third kappa shape index (κ3) is 3.37. The number of nitrogens with one attached hydrogen (secondary N) is 1. The molecule has 0 atom stereocenters. The second-order valence-corrected chi connectivity index (χ2v) is 5.56. The van der Waals surface area contributed by atoms with E-state index in [1.807, 2.05) is 13.8 Å². The van der Waals surface area contributed by atoms with Crippen LogP contribution in [-0.2, 0) is 11.3 Å². The summed E-state index contributed by atoms with van der Waals surface area (Å²) in [7, 11) is 0. The molecule has 0 aliphatic carbocycles. The molecule has 0 spiro atoms. The molecule has 1 heterocycles. The number of carbonyl (C=O) groups excluding carboxylic acids is 1. The number of carboxylic acids is 1. The number of hydrogen-bond donors (Lipinski definition) is 2. The van der Waals surface area contributed by atoms with Crippen molar-refractivity contribution in [2.24, 2.45) is 5.41 Å². The Bertz CT molecular complexity index is 518. The van der Waals surface area contributed by atoms with E-state index in [-0.39, 0.29) is 5.91 Å². The number of carboxylic acid groups (broad SMARTS) is 1. The zero-order valence-electron chi connectivity index (χ0n) is 12.8. The highest BCUT2D eigenvalue weighted by Gasteiger charge is 2.27. The van der Waals surface area contributed by atoms with Gasteiger partial charge in [0.2, 0.25) is 0 Å². The van der Waals surface area contributed by atoms with Gasteiger partial charge in [-0.15, -0.1) is 0 Å². The molecule has 0 radical (unpaired) electrons. The van der Waals surface area contributed by atoms with Crippen molar-refractivity contribution >= 4 is 11.9 Å². The summed E-state index contributed by atoms with van der Waals surface area (Å²) in [5.74, 6) is -1.06. The molecule has 0 bridgehead atoms. The lowest BCUT2D eigenvalue weighted by atomic mass is 9.89. The summed E-state index contributed by atoms with van der Waals surface area (Å²) < 4.78 is 1.78. The van der Waals surface area contributed by atoms with Gasteiger partial charge in [-0.3, -0.25) is 14.3 Å². The van der Waals surface area contributed by atoms with Gasteiger partial charge in [0.05, 0.1) is 16.7 Å². The Labute approximate surface area is 119 Å². The molecule has 0 fully saturated rings. The molecule has 1 aromatic rings. The summed E-state index contributed by atoms with van der Waals surface area (Å²) in [6, 6.07) is 0. The Kier molecular flexibility index (Phi) is 4.92. The van der Waals surface area contributed by atoms with Crippen molar-refractivity contribution in [3.63, 3.8) is 0 Å². The van der Waals surface area contributed by atoms with Gasteiger partial charge < -0.3 is 10.4 Å². The summed E-state index contributed by atoms with van der Waals surface area (Å²) in [4.78, 5) is 23.2. The third-order valence-electron chi connectivity index (χ3n) is 3.52. The van der Waals surface area contributed by atoms with Crippen molar-refractivity contribution in [3.05, 3.63) is 17.0 Å². The molecule has 1 rings (SSSR count). The van der Waals surface area contributed by atoms with Gasteiger partial charge >= 0.3 is 5.97 Å². The average molecular weight is 281 g/mol. The fourth-order valence-electron chi connectivity index (χ4n) is 2.02. The first-order valence-electron chi connectivity index (χ1n) is 6.76. The van der Waals surface area contributed by atoms with Crippen molar-refractivity contribution in [1.29, 1.82) is 0 Å². The smallest absolute Gasteiger partial charge is 0.309 e. The van der Waals surface area contributed by atoms with E-state index < -0.39 is 11.4 Å². The number of rotatable bonds is 6. The van der Waals surface area contributed by atoms with E-state index in [0.29, 0.717) is 30.8 Å². The summed E-state index contributed by atoms with van der Waals surface area (Å²) in [5.41, 5.74) is 1.27. The van der Waals surface area contributed by atoms with E-state index in [2.05, 4.69) is 10.4 Å². The standard InChI is InChI=1S/C14H23N3O3/c1-6-17-10(3)11(9(2)16-17)12(18)15-8-7-14(4,5)13(19)20/h6-8H2,1-5H3,(H,15,18)(H,19,20). The lowest BCUT2D eigenvalue weighted by Gasteiger charge is -2.18. The van der Waals surface area contributed by atoms with Crippen molar-refractivity contribution in [2.45, 2.75) is 47.6 Å². The Balaban J connectivity index is 2.69. The molecule has 0 saturated heterocycles. The van der Waals surface area contributed by atoms with Crippen LogP contribution in [0.4, 0.5) is 0 Å². The molecule has 6 nitrogen and oxygen atoms in total. The van der Waals surface area contributed by atoms with Crippen LogP contribution in [0.2, 0.25) is 0 Å². The SMILES string of the molecule is CCn1nc(C)c(C(=O)NCCC(C)(C)C(=O)O)c1C. The summed E-state index contributed by atoms with van der Waals surface area (Å²) in [6.07, 6.45) is 0.383. The first-order chi connectivity index (χ1) is 9.20. The van der Waals surface area contributed by atoms with Gasteiger partial charge in [-0.2, -0.15) is 5.10 Å². The second-order valence-electron chi connectivity index (χ2n) is 5.56. The fraction of sp³-hybridized carbons (Fsp3) is 0.643. The summed E-state index contributed by atoms with van der Waals surface area (Å²) in [5, 5.41) is 16.1. The number of hydrogen-bond acceptors (Lipinski definition) is 3. The molecule has 0 aliphatic rings. The van der Waals surface area contributed by atoms with E-state index in [1.54, 1.807) is 25.5 Å². The van der Waals surface area contributed by atoms with E-state index in [0.717, 1.165) is 5.69 Å². The van der Waals surface area contributed by atoms with Crippen LogP contribution in [0, 0.1) is 19.3 Å². The maximum atomic E-state index is 12.2. The van der Waals surface area contributed by atoms with Crippen molar-refractivity contribution in [2.75, 3.05) is 6.54 Å². The van der Waals surface area contributed by atoms with E-state index in [4.69, 9.17) is 5.11 Å². The molecule has 0 aliphatic heterocycles. The predicted octanol–water partition coefficient (Wildman–Crippen LogP) is 1.75. The zero-order chi connectivity index (χ0) is 15.5. The summed E-state index contributed by atoms with van der Waals surface area (Å²) in [6.45, 7) is 9.96. The van der Waals surface area contributed by atoms with Gasteiger partial charge in [-0.05, 0) is 41.0 Å². The number of carbonyl (C=O) groups is 2. The second kappa shape index (κ2) is 6.07. The van der Waals surface area contributed by atoms with E-state index >= 15 is 0 Å². The summed E-state index contributed by atoms with van der Waals surface area (Å²) >= 11 is 0. The van der Waals surface area contributed by atoms with Crippen molar-refractivity contribution < 1.29 is 14.7 Å². The lowest BCUT2D eigenvalue weighted by Crippen LogP contribution is -2.32. The monoisotopic (exact) mass is 281 g/mol. The van der Waals surface area contributed by atoms with Crippen LogP contribution >= 0.6 is 0 Å². The normalized spacial score (nSPS) is 11.4. The highest BCUT2D eigenvalue weighted by molar-refractivity contribution is 5.96. The van der Waals surface area contributed by atoms with E-state index in [1.165, 1.54) is 0 Å². The molecule has 1 amide bonds. The van der Waals surface area contributed by atoms with Crippen LogP contribution in [-0.4, -0.2) is 33.3 Å². The molecular weight excluding hydrogens is 258 g/mol. The van der Waals surface area contributed by atoms with Gasteiger partial charge in [0.15, 0.2) is 0 Å². The van der Waals surface area contributed by atoms with Crippen LogP contribution in [0.1, 0.15) is 48.9 Å². The first kappa shape index (κ1) is 16.2. The van der Waals surface area contributed by atoms with Gasteiger partial charge in [-0.25, -0.2) is 0 Å².